The van der Waals surface area contributed by atoms with Crippen LogP contribution < -0.4 is 16.0 Å². The number of rotatable bonds is 8. The van der Waals surface area contributed by atoms with E-state index in [2.05, 4.69) is 58.6 Å². The van der Waals surface area contributed by atoms with Gasteiger partial charge in [-0.25, -0.2) is 9.59 Å². The average Bonchev–Trinajstić information content (AvgIpc) is 3.23. The summed E-state index contributed by atoms with van der Waals surface area (Å²) < 4.78 is 5.26. The number of urea groups is 1. The molecule has 1 aromatic carbocycles. The van der Waals surface area contributed by atoms with Crippen LogP contribution >= 0.6 is 11.3 Å². The van der Waals surface area contributed by atoms with Gasteiger partial charge in [0.25, 0.3) is 0 Å². The molecule has 4 N–H and O–H groups in total. The van der Waals surface area contributed by atoms with Crippen molar-refractivity contribution in [2.75, 3.05) is 13.2 Å². The number of amides is 2. The summed E-state index contributed by atoms with van der Waals surface area (Å²) in [5.41, 5.74) is 3.53. The molecule has 1 aromatic heterocycles. The maximum absolute atomic E-state index is 12.6. The van der Waals surface area contributed by atoms with Gasteiger partial charge in [-0.3, -0.25) is 0 Å². The summed E-state index contributed by atoms with van der Waals surface area (Å²) in [6, 6.07) is 12.1. The number of carbonyl (C=O) groups excluding carboxylic acids is 2. The number of hydrogen-bond donors (Lipinski definition) is 3. The van der Waals surface area contributed by atoms with Crippen molar-refractivity contribution in [2.45, 2.75) is 39.3 Å². The molecule has 2 aromatic rings. The van der Waals surface area contributed by atoms with Crippen LogP contribution in [0.3, 0.4) is 0 Å². The second-order valence-electron chi connectivity index (χ2n) is 7.02. The molecule has 0 unspecified atom stereocenters. The molecule has 3 rings (SSSR count). The number of thiophene rings is 1. The first-order valence-corrected chi connectivity index (χ1v) is 10.8. The second-order valence-corrected chi connectivity index (χ2v) is 7.99. The first-order chi connectivity index (χ1) is 14.0. The minimum absolute atomic E-state index is 0.0819. The molecule has 2 amide bonds. The van der Waals surface area contributed by atoms with Crippen molar-refractivity contribution in [3.8, 4) is 0 Å². The summed E-state index contributed by atoms with van der Waals surface area (Å²) in [5.74, 6) is -0.377. The third-order valence-corrected chi connectivity index (χ3v) is 5.95. The molecular weight excluding hydrogens is 386 g/mol. The molecule has 2 heterocycles. The van der Waals surface area contributed by atoms with Gasteiger partial charge in [0.15, 0.2) is 0 Å². The van der Waals surface area contributed by atoms with E-state index >= 15 is 0 Å². The molecular formula is C22H28N3O3S+. The zero-order chi connectivity index (χ0) is 20.8. The lowest BCUT2D eigenvalue weighted by Gasteiger charge is -2.28. The van der Waals surface area contributed by atoms with E-state index in [0.717, 1.165) is 0 Å². The maximum Gasteiger partial charge on any atom is 0.338 e. The van der Waals surface area contributed by atoms with Crippen LogP contribution in [0, 0.1) is 6.92 Å². The largest absolute Gasteiger partial charge is 0.463 e. The van der Waals surface area contributed by atoms with Crippen LogP contribution in [0.4, 0.5) is 4.79 Å². The smallest absolute Gasteiger partial charge is 0.338 e. The van der Waals surface area contributed by atoms with Crippen molar-refractivity contribution >= 4 is 23.3 Å². The molecule has 0 fully saturated rings. The molecule has 0 bridgehead atoms. The Labute approximate surface area is 175 Å². The van der Waals surface area contributed by atoms with Gasteiger partial charge in [0, 0.05) is 5.56 Å². The molecule has 154 valence electrons. The molecule has 0 saturated heterocycles. The molecule has 1 aliphatic heterocycles. The predicted octanol–water partition coefficient (Wildman–Crippen LogP) is 2.62. The third-order valence-electron chi connectivity index (χ3n) is 4.99. The van der Waals surface area contributed by atoms with Gasteiger partial charge in [-0.1, -0.05) is 42.8 Å². The van der Waals surface area contributed by atoms with Crippen molar-refractivity contribution in [3.63, 3.8) is 0 Å². The van der Waals surface area contributed by atoms with Crippen LogP contribution in [0.5, 0.6) is 0 Å². The summed E-state index contributed by atoms with van der Waals surface area (Å²) in [6.07, 6.45) is 0.622. The minimum atomic E-state index is -0.377. The van der Waals surface area contributed by atoms with Crippen molar-refractivity contribution < 1.29 is 19.6 Å². The number of benzene rings is 1. The van der Waals surface area contributed by atoms with Gasteiger partial charge in [-0.15, -0.1) is 11.3 Å². The van der Waals surface area contributed by atoms with E-state index in [-0.39, 0.29) is 24.1 Å². The Balaban J connectivity index is 1.90. The quantitative estimate of drug-likeness (QED) is 0.581. The molecule has 2 atom stereocenters. The Kier molecular flexibility index (Phi) is 7.06. The topological polar surface area (TPSA) is 84.0 Å². The van der Waals surface area contributed by atoms with E-state index in [0.29, 0.717) is 30.8 Å². The molecule has 0 saturated carbocycles. The van der Waals surface area contributed by atoms with E-state index in [1.807, 2.05) is 13.0 Å². The number of aryl methyl sites for hydroxylation is 1. The van der Waals surface area contributed by atoms with Crippen LogP contribution in [-0.4, -0.2) is 31.2 Å². The van der Waals surface area contributed by atoms with E-state index in [1.165, 1.54) is 16.0 Å². The number of carbonyl (C=O) groups is 2. The van der Waals surface area contributed by atoms with Crippen LogP contribution in [0.1, 0.15) is 42.3 Å². The Bertz CT molecular complexity index is 875. The number of hydrogen-bond acceptors (Lipinski definition) is 4. The lowest BCUT2D eigenvalue weighted by atomic mass is 9.99. The van der Waals surface area contributed by atoms with Gasteiger partial charge in [0.05, 0.1) is 28.8 Å². The number of esters is 1. The van der Waals surface area contributed by atoms with Gasteiger partial charge in [-0.05, 0) is 31.7 Å². The predicted molar refractivity (Wildman–Crippen MR) is 114 cm³/mol. The Morgan fingerprint density at radius 3 is 2.62 bits per heavy atom. The highest BCUT2D eigenvalue weighted by Crippen LogP contribution is 2.23. The molecule has 1 aliphatic rings. The Hall–Kier alpha value is -2.64. The summed E-state index contributed by atoms with van der Waals surface area (Å²) >= 11 is 1.70. The highest BCUT2D eigenvalue weighted by atomic mass is 32.1. The van der Waals surface area contributed by atoms with Crippen LogP contribution in [0.25, 0.3) is 0 Å². The van der Waals surface area contributed by atoms with Gasteiger partial charge >= 0.3 is 12.0 Å². The molecule has 7 heteroatoms. The standard InChI is InChI=1S/C22H27N3O3S/c1-4-16-19(21(26)28-5-2)17(25-22(27)24-16)13-23-20(18-7-6-12-29-18)15-10-8-14(3)9-11-15/h6-12,16,20,23H,4-5,13H2,1-3H3,(H2,24,25,27)/p+1/t16-,20-/m1/s1. The van der Waals surface area contributed by atoms with Crippen molar-refractivity contribution in [2.24, 2.45) is 0 Å². The monoisotopic (exact) mass is 414 g/mol. The maximum atomic E-state index is 12.6. The van der Waals surface area contributed by atoms with Crippen LogP contribution in [0.15, 0.2) is 53.0 Å². The third kappa shape index (κ3) is 5.05. The summed E-state index contributed by atoms with van der Waals surface area (Å²) in [7, 11) is 0. The van der Waals surface area contributed by atoms with Crippen LogP contribution in [-0.2, 0) is 9.53 Å². The lowest BCUT2D eigenvalue weighted by Crippen LogP contribution is -2.86. The molecule has 0 spiro atoms. The minimum Gasteiger partial charge on any atom is -0.463 e. The fourth-order valence-electron chi connectivity index (χ4n) is 3.52. The molecule has 6 nitrogen and oxygen atoms in total. The average molecular weight is 415 g/mol. The van der Waals surface area contributed by atoms with Gasteiger partial charge in [-0.2, -0.15) is 0 Å². The molecule has 0 aliphatic carbocycles. The van der Waals surface area contributed by atoms with E-state index in [1.54, 1.807) is 18.3 Å². The SMILES string of the molecule is CCOC(=O)C1=C(C[NH2+][C@H](c2ccc(C)cc2)c2cccs2)NC(=O)N[C@@H]1CC. The fraction of sp³-hybridized carbons (Fsp3) is 0.364. The van der Waals surface area contributed by atoms with Crippen molar-refractivity contribution in [3.05, 3.63) is 69.1 Å². The van der Waals surface area contributed by atoms with Crippen molar-refractivity contribution in [1.29, 1.82) is 0 Å². The number of nitrogens with one attached hydrogen (secondary N) is 2. The Morgan fingerprint density at radius 1 is 1.24 bits per heavy atom. The van der Waals surface area contributed by atoms with Crippen LogP contribution in [0.2, 0.25) is 0 Å². The molecule has 0 radical (unpaired) electrons. The van der Waals surface area contributed by atoms with Gasteiger partial charge in [0.1, 0.15) is 12.6 Å². The first-order valence-electron chi connectivity index (χ1n) is 9.94. The molecule has 29 heavy (non-hydrogen) atoms. The highest BCUT2D eigenvalue weighted by molar-refractivity contribution is 7.10. The van der Waals surface area contributed by atoms with Gasteiger partial charge < -0.3 is 20.7 Å². The summed E-state index contributed by atoms with van der Waals surface area (Å²) in [5, 5.41) is 9.87. The van der Waals surface area contributed by atoms with E-state index in [9.17, 15) is 9.59 Å². The van der Waals surface area contributed by atoms with E-state index in [4.69, 9.17) is 4.74 Å². The van der Waals surface area contributed by atoms with Gasteiger partial charge in [0.2, 0.25) is 0 Å². The normalized spacial score (nSPS) is 17.5. The first kappa shape index (κ1) is 21.1. The summed E-state index contributed by atoms with van der Waals surface area (Å²) in [6.45, 7) is 6.56. The number of ether oxygens (including phenoxy) is 1. The Morgan fingerprint density at radius 2 is 2.00 bits per heavy atom. The fourth-order valence-corrected chi connectivity index (χ4v) is 4.37. The highest BCUT2D eigenvalue weighted by Gasteiger charge is 2.33. The number of quaternary nitrogens is 1. The summed E-state index contributed by atoms with van der Waals surface area (Å²) in [4.78, 5) is 25.9. The zero-order valence-electron chi connectivity index (χ0n) is 17.0. The lowest BCUT2D eigenvalue weighted by molar-refractivity contribution is -0.680. The van der Waals surface area contributed by atoms with E-state index < -0.39 is 0 Å². The zero-order valence-corrected chi connectivity index (χ0v) is 17.8. The second kappa shape index (κ2) is 9.71. The number of nitrogens with two attached hydrogens (primary N) is 1. The van der Waals surface area contributed by atoms with Crippen molar-refractivity contribution in [1.82, 2.24) is 10.6 Å².